The molecule has 0 aromatic heterocycles. The van der Waals surface area contributed by atoms with Crippen LogP contribution in [0.5, 0.6) is 5.75 Å². The molecule has 4 rings (SSSR count). The summed E-state index contributed by atoms with van der Waals surface area (Å²) in [6, 6.07) is 16.5. The van der Waals surface area contributed by atoms with Gasteiger partial charge in [0.1, 0.15) is 12.3 Å². The van der Waals surface area contributed by atoms with E-state index in [0.29, 0.717) is 13.0 Å². The van der Waals surface area contributed by atoms with Crippen LogP contribution in [0.15, 0.2) is 59.7 Å². The summed E-state index contributed by atoms with van der Waals surface area (Å²) in [4.78, 5) is 41.8. The van der Waals surface area contributed by atoms with Crippen molar-refractivity contribution in [1.29, 1.82) is 0 Å². The van der Waals surface area contributed by atoms with Gasteiger partial charge in [-0.2, -0.15) is 5.10 Å². The third-order valence-corrected chi connectivity index (χ3v) is 6.53. The summed E-state index contributed by atoms with van der Waals surface area (Å²) in [5, 5.41) is 6.07. The number of hydrazone groups is 1. The summed E-state index contributed by atoms with van der Waals surface area (Å²) in [6.45, 7) is 3.99. The van der Waals surface area contributed by atoms with Crippen LogP contribution in [0.2, 0.25) is 0 Å². The standard InChI is InChI=1S/C26H30N4O4/c1-4-18(2)28-15-14-24(31)29(26(28)33)17-25(32)30-23(20-10-12-21(34-3)13-11-20)16-22(27-30)19-8-6-5-7-9-19/h5-13,18,23H,4,14-17H2,1-3H3/t18-,23+/m0/s1. The average Bonchev–Trinajstić information content (AvgIpc) is 3.32. The first kappa shape index (κ1) is 23.5. The van der Waals surface area contributed by atoms with Crippen LogP contribution in [-0.4, -0.2) is 64.6 Å². The summed E-state index contributed by atoms with van der Waals surface area (Å²) in [7, 11) is 1.60. The van der Waals surface area contributed by atoms with Gasteiger partial charge in [-0.1, -0.05) is 49.4 Å². The fourth-order valence-corrected chi connectivity index (χ4v) is 4.33. The van der Waals surface area contributed by atoms with Gasteiger partial charge in [0, 0.05) is 25.4 Å². The monoisotopic (exact) mass is 462 g/mol. The van der Waals surface area contributed by atoms with E-state index in [-0.39, 0.29) is 36.9 Å². The second kappa shape index (κ2) is 10.1. The van der Waals surface area contributed by atoms with E-state index >= 15 is 0 Å². The molecule has 0 bridgehead atoms. The molecule has 0 aliphatic carbocycles. The van der Waals surface area contributed by atoms with Crippen molar-refractivity contribution in [2.75, 3.05) is 20.2 Å². The number of carbonyl (C=O) groups excluding carboxylic acids is 3. The van der Waals surface area contributed by atoms with Crippen LogP contribution >= 0.6 is 0 Å². The molecule has 1 saturated heterocycles. The molecule has 2 aromatic carbocycles. The number of hydrogen-bond donors (Lipinski definition) is 0. The van der Waals surface area contributed by atoms with Crippen molar-refractivity contribution < 1.29 is 19.1 Å². The molecule has 8 heteroatoms. The summed E-state index contributed by atoms with van der Waals surface area (Å²) >= 11 is 0. The second-order valence-electron chi connectivity index (χ2n) is 8.61. The van der Waals surface area contributed by atoms with E-state index in [1.807, 2.05) is 68.4 Å². The molecular weight excluding hydrogens is 432 g/mol. The first-order valence-electron chi connectivity index (χ1n) is 11.6. The predicted octanol–water partition coefficient (Wildman–Crippen LogP) is 3.83. The smallest absolute Gasteiger partial charge is 0.327 e. The van der Waals surface area contributed by atoms with E-state index in [1.165, 1.54) is 5.01 Å². The van der Waals surface area contributed by atoms with Crippen molar-refractivity contribution in [3.8, 4) is 5.75 Å². The Morgan fingerprint density at radius 2 is 1.82 bits per heavy atom. The summed E-state index contributed by atoms with van der Waals surface area (Å²) in [5.74, 6) is 0.00304. The maximum absolute atomic E-state index is 13.5. The molecule has 0 radical (unpaired) electrons. The minimum atomic E-state index is -0.411. The molecule has 2 aliphatic heterocycles. The van der Waals surface area contributed by atoms with Crippen LogP contribution in [0.3, 0.4) is 0 Å². The van der Waals surface area contributed by atoms with E-state index in [4.69, 9.17) is 4.74 Å². The number of nitrogens with zero attached hydrogens (tertiary/aromatic N) is 4. The van der Waals surface area contributed by atoms with E-state index < -0.39 is 6.03 Å². The van der Waals surface area contributed by atoms with Gasteiger partial charge in [-0.3, -0.25) is 14.5 Å². The molecule has 0 unspecified atom stereocenters. The van der Waals surface area contributed by atoms with E-state index in [2.05, 4.69) is 5.10 Å². The zero-order valence-corrected chi connectivity index (χ0v) is 19.8. The minimum Gasteiger partial charge on any atom is -0.497 e. The van der Waals surface area contributed by atoms with Crippen molar-refractivity contribution >= 4 is 23.6 Å². The highest BCUT2D eigenvalue weighted by Gasteiger charge is 2.39. The average molecular weight is 463 g/mol. The lowest BCUT2D eigenvalue weighted by molar-refractivity contribution is -0.141. The second-order valence-corrected chi connectivity index (χ2v) is 8.61. The highest BCUT2D eigenvalue weighted by molar-refractivity contribution is 6.04. The van der Waals surface area contributed by atoms with Gasteiger partial charge in [0.15, 0.2) is 0 Å². The third-order valence-electron chi connectivity index (χ3n) is 6.53. The molecule has 8 nitrogen and oxygen atoms in total. The molecular formula is C26H30N4O4. The Balaban J connectivity index is 1.60. The number of hydrogen-bond acceptors (Lipinski definition) is 5. The number of carbonyl (C=O) groups is 3. The third kappa shape index (κ3) is 4.66. The lowest BCUT2D eigenvalue weighted by Crippen LogP contribution is -2.57. The topological polar surface area (TPSA) is 82.5 Å². The highest BCUT2D eigenvalue weighted by atomic mass is 16.5. The van der Waals surface area contributed by atoms with Crippen LogP contribution in [0.1, 0.15) is 50.3 Å². The fourth-order valence-electron chi connectivity index (χ4n) is 4.33. The van der Waals surface area contributed by atoms with Crippen LogP contribution < -0.4 is 4.74 Å². The molecule has 4 amide bonds. The van der Waals surface area contributed by atoms with Gasteiger partial charge in [0.05, 0.1) is 18.9 Å². The molecule has 2 aromatic rings. The van der Waals surface area contributed by atoms with Crippen molar-refractivity contribution in [1.82, 2.24) is 14.8 Å². The number of rotatable bonds is 7. The van der Waals surface area contributed by atoms with Crippen molar-refractivity contribution in [3.63, 3.8) is 0 Å². The van der Waals surface area contributed by atoms with Crippen LogP contribution in [-0.2, 0) is 9.59 Å². The lowest BCUT2D eigenvalue weighted by atomic mass is 9.98. The van der Waals surface area contributed by atoms with Gasteiger partial charge in [0.25, 0.3) is 5.91 Å². The molecule has 0 saturated carbocycles. The highest BCUT2D eigenvalue weighted by Crippen LogP contribution is 2.34. The van der Waals surface area contributed by atoms with Gasteiger partial charge in [-0.25, -0.2) is 9.80 Å². The number of ether oxygens (including phenoxy) is 1. The normalized spacial score (nSPS) is 19.3. The van der Waals surface area contributed by atoms with Crippen molar-refractivity contribution in [2.24, 2.45) is 5.10 Å². The molecule has 34 heavy (non-hydrogen) atoms. The summed E-state index contributed by atoms with van der Waals surface area (Å²) < 4.78 is 5.26. The first-order chi connectivity index (χ1) is 16.4. The Morgan fingerprint density at radius 1 is 1.12 bits per heavy atom. The number of urea groups is 1. The van der Waals surface area contributed by atoms with Gasteiger partial charge < -0.3 is 9.64 Å². The molecule has 2 aliphatic rings. The number of imide groups is 1. The van der Waals surface area contributed by atoms with Crippen molar-refractivity contribution in [2.45, 2.75) is 45.2 Å². The SMILES string of the molecule is CC[C@H](C)N1CCC(=O)N(CC(=O)N2N=C(c3ccccc3)C[C@@H]2c2ccc(OC)cc2)C1=O. The van der Waals surface area contributed by atoms with Crippen LogP contribution in [0, 0.1) is 0 Å². The molecule has 2 heterocycles. The Labute approximate surface area is 199 Å². The first-order valence-corrected chi connectivity index (χ1v) is 11.6. The maximum atomic E-state index is 13.5. The Hall–Kier alpha value is -3.68. The van der Waals surface area contributed by atoms with Crippen molar-refractivity contribution in [3.05, 3.63) is 65.7 Å². The number of amides is 4. The van der Waals surface area contributed by atoms with Crippen LogP contribution in [0.4, 0.5) is 4.79 Å². The quantitative estimate of drug-likeness (QED) is 0.626. The van der Waals surface area contributed by atoms with Gasteiger partial charge in [0.2, 0.25) is 5.91 Å². The van der Waals surface area contributed by atoms with Crippen LogP contribution in [0.25, 0.3) is 0 Å². The maximum Gasteiger partial charge on any atom is 0.327 e. The van der Waals surface area contributed by atoms with E-state index in [1.54, 1.807) is 12.0 Å². The molecule has 1 fully saturated rings. The van der Waals surface area contributed by atoms with Gasteiger partial charge in [-0.15, -0.1) is 0 Å². The predicted molar refractivity (Wildman–Crippen MR) is 128 cm³/mol. The Morgan fingerprint density at radius 3 is 2.47 bits per heavy atom. The number of methoxy groups -OCH3 is 1. The molecule has 178 valence electrons. The van der Waals surface area contributed by atoms with Gasteiger partial charge >= 0.3 is 6.03 Å². The van der Waals surface area contributed by atoms with E-state index in [0.717, 1.165) is 33.9 Å². The Bertz CT molecular complexity index is 1080. The molecule has 0 N–H and O–H groups in total. The summed E-state index contributed by atoms with van der Waals surface area (Å²) in [5.41, 5.74) is 2.62. The lowest BCUT2D eigenvalue weighted by Gasteiger charge is -2.37. The summed E-state index contributed by atoms with van der Waals surface area (Å²) in [6.07, 6.45) is 1.52. The molecule has 0 spiro atoms. The van der Waals surface area contributed by atoms with E-state index in [9.17, 15) is 14.4 Å². The Kier molecular flexibility index (Phi) is 6.95. The van der Waals surface area contributed by atoms with Gasteiger partial charge in [-0.05, 0) is 36.6 Å². The fraction of sp³-hybridized carbons (Fsp3) is 0.385. The zero-order valence-electron chi connectivity index (χ0n) is 19.8. The zero-order chi connectivity index (χ0) is 24.2. The minimum absolute atomic E-state index is 0.000240. The molecule has 2 atom stereocenters. The largest absolute Gasteiger partial charge is 0.497 e. The number of benzene rings is 2.